The molecule has 1 rings (SSSR count). The monoisotopic (exact) mass is 285 g/mol. The summed E-state index contributed by atoms with van der Waals surface area (Å²) in [5, 5.41) is 0. The highest BCUT2D eigenvalue weighted by atomic mass is 16.6. The predicted octanol–water partition coefficient (Wildman–Crippen LogP) is 2.53. The van der Waals surface area contributed by atoms with E-state index in [1.54, 1.807) is 0 Å². The zero-order chi connectivity index (χ0) is 15.2. The van der Waals surface area contributed by atoms with Crippen molar-refractivity contribution in [1.29, 1.82) is 0 Å². The zero-order valence-electron chi connectivity index (χ0n) is 13.7. The van der Waals surface area contributed by atoms with Crippen molar-refractivity contribution in [1.82, 2.24) is 15.8 Å². The van der Waals surface area contributed by atoms with Crippen molar-refractivity contribution in [2.24, 2.45) is 5.92 Å². The zero-order valence-corrected chi connectivity index (χ0v) is 13.7. The Kier molecular flexibility index (Phi) is 6.76. The van der Waals surface area contributed by atoms with Crippen LogP contribution < -0.4 is 10.9 Å². The van der Waals surface area contributed by atoms with Crippen LogP contribution in [0.15, 0.2) is 0 Å². The lowest BCUT2D eigenvalue weighted by Crippen LogP contribution is -2.51. The minimum absolute atomic E-state index is 0.252. The molecular formula is C15H31N3O2. The third kappa shape index (κ3) is 6.57. The normalized spacial score (nSPS) is 22.4. The molecule has 1 aliphatic heterocycles. The maximum Gasteiger partial charge on any atom is 0.422 e. The number of ether oxygens (including phenoxy) is 1. The van der Waals surface area contributed by atoms with Crippen molar-refractivity contribution in [2.45, 2.75) is 65.5 Å². The SMILES string of the molecule is CCCN1CCCC(C(C)NNC(=O)OC(C)(C)C)C1. The second-order valence-corrected chi connectivity index (χ2v) is 6.76. The molecule has 0 aromatic heterocycles. The van der Waals surface area contributed by atoms with E-state index in [9.17, 15) is 4.79 Å². The van der Waals surface area contributed by atoms with Gasteiger partial charge >= 0.3 is 6.09 Å². The van der Waals surface area contributed by atoms with E-state index in [0.29, 0.717) is 5.92 Å². The lowest BCUT2D eigenvalue weighted by atomic mass is 9.92. The second kappa shape index (κ2) is 7.84. The summed E-state index contributed by atoms with van der Waals surface area (Å²) in [6.45, 7) is 13.4. The van der Waals surface area contributed by atoms with Gasteiger partial charge in [-0.2, -0.15) is 0 Å². The Morgan fingerprint density at radius 1 is 1.45 bits per heavy atom. The van der Waals surface area contributed by atoms with Crippen molar-refractivity contribution in [3.8, 4) is 0 Å². The number of nitrogens with zero attached hydrogens (tertiary/aromatic N) is 1. The number of hydrogen-bond acceptors (Lipinski definition) is 4. The minimum atomic E-state index is -0.461. The molecule has 1 heterocycles. The van der Waals surface area contributed by atoms with E-state index < -0.39 is 11.7 Å². The first-order valence-electron chi connectivity index (χ1n) is 7.78. The van der Waals surface area contributed by atoms with Crippen LogP contribution in [0.4, 0.5) is 4.79 Å². The highest BCUT2D eigenvalue weighted by Crippen LogP contribution is 2.19. The summed E-state index contributed by atoms with van der Waals surface area (Å²) >= 11 is 0. The summed E-state index contributed by atoms with van der Waals surface area (Å²) in [5.74, 6) is 0.574. The third-order valence-corrected chi connectivity index (χ3v) is 3.59. The summed E-state index contributed by atoms with van der Waals surface area (Å²) < 4.78 is 5.21. The van der Waals surface area contributed by atoms with Gasteiger partial charge in [-0.3, -0.25) is 5.43 Å². The fourth-order valence-corrected chi connectivity index (χ4v) is 2.61. The van der Waals surface area contributed by atoms with E-state index >= 15 is 0 Å². The van der Waals surface area contributed by atoms with Gasteiger partial charge in [0, 0.05) is 12.6 Å². The number of carbonyl (C=O) groups excluding carboxylic acids is 1. The maximum absolute atomic E-state index is 11.6. The van der Waals surface area contributed by atoms with Crippen LogP contribution in [0.25, 0.3) is 0 Å². The molecule has 5 nitrogen and oxygen atoms in total. The largest absolute Gasteiger partial charge is 0.443 e. The van der Waals surface area contributed by atoms with Crippen LogP contribution in [0.3, 0.4) is 0 Å². The van der Waals surface area contributed by atoms with Crippen LogP contribution in [0, 0.1) is 5.92 Å². The Bertz CT molecular complexity index is 300. The number of piperidine rings is 1. The van der Waals surface area contributed by atoms with Crippen molar-refractivity contribution in [3.05, 3.63) is 0 Å². The van der Waals surface area contributed by atoms with Gasteiger partial charge in [-0.15, -0.1) is 0 Å². The molecule has 118 valence electrons. The Hall–Kier alpha value is -0.810. The Morgan fingerprint density at radius 3 is 2.75 bits per heavy atom. The second-order valence-electron chi connectivity index (χ2n) is 6.76. The van der Waals surface area contributed by atoms with E-state index in [1.165, 1.54) is 32.4 Å². The quantitative estimate of drug-likeness (QED) is 0.762. The molecule has 5 heteroatoms. The molecule has 2 atom stereocenters. The average Bonchev–Trinajstić information content (AvgIpc) is 2.34. The van der Waals surface area contributed by atoms with Crippen LogP contribution in [0.2, 0.25) is 0 Å². The van der Waals surface area contributed by atoms with E-state index in [2.05, 4.69) is 29.6 Å². The van der Waals surface area contributed by atoms with Gasteiger partial charge in [0.1, 0.15) is 5.60 Å². The molecule has 2 unspecified atom stereocenters. The maximum atomic E-state index is 11.6. The standard InChI is InChI=1S/C15H31N3O2/c1-6-9-18-10-7-8-13(11-18)12(2)16-17-14(19)20-15(3,4)5/h12-13,16H,6-11H2,1-5H3,(H,17,19). The molecule has 20 heavy (non-hydrogen) atoms. The average molecular weight is 285 g/mol. The van der Waals surface area contributed by atoms with Crippen LogP contribution in [-0.2, 0) is 4.74 Å². The highest BCUT2D eigenvalue weighted by Gasteiger charge is 2.25. The Morgan fingerprint density at radius 2 is 2.15 bits per heavy atom. The van der Waals surface area contributed by atoms with Gasteiger partial charge in [0.25, 0.3) is 0 Å². The van der Waals surface area contributed by atoms with Gasteiger partial charge in [0.2, 0.25) is 0 Å². The van der Waals surface area contributed by atoms with Gasteiger partial charge in [-0.25, -0.2) is 10.2 Å². The summed E-state index contributed by atoms with van der Waals surface area (Å²) in [4.78, 5) is 14.1. The van der Waals surface area contributed by atoms with Crippen LogP contribution in [0.5, 0.6) is 0 Å². The molecule has 1 fully saturated rings. The van der Waals surface area contributed by atoms with E-state index in [4.69, 9.17) is 4.74 Å². The molecule has 1 amide bonds. The van der Waals surface area contributed by atoms with Crippen LogP contribution in [-0.4, -0.2) is 42.3 Å². The van der Waals surface area contributed by atoms with Gasteiger partial charge in [0.05, 0.1) is 0 Å². The first-order chi connectivity index (χ1) is 9.31. The lowest BCUT2D eigenvalue weighted by molar-refractivity contribution is 0.0470. The highest BCUT2D eigenvalue weighted by molar-refractivity contribution is 5.67. The van der Waals surface area contributed by atoms with Gasteiger partial charge in [0.15, 0.2) is 0 Å². The molecule has 0 aliphatic carbocycles. The minimum Gasteiger partial charge on any atom is -0.443 e. The fourth-order valence-electron chi connectivity index (χ4n) is 2.61. The molecule has 0 saturated carbocycles. The predicted molar refractivity (Wildman–Crippen MR) is 81.4 cm³/mol. The number of nitrogens with one attached hydrogen (secondary N) is 2. The Balaban J connectivity index is 2.31. The molecule has 0 radical (unpaired) electrons. The summed E-state index contributed by atoms with van der Waals surface area (Å²) in [7, 11) is 0. The van der Waals surface area contributed by atoms with Crippen LogP contribution in [0.1, 0.15) is 53.9 Å². The molecule has 0 aromatic carbocycles. The first kappa shape index (κ1) is 17.2. The summed E-state index contributed by atoms with van der Waals surface area (Å²) in [5.41, 5.74) is 5.28. The molecule has 0 spiro atoms. The van der Waals surface area contributed by atoms with E-state index in [0.717, 1.165) is 6.54 Å². The number of carbonyl (C=O) groups is 1. The van der Waals surface area contributed by atoms with Crippen molar-refractivity contribution < 1.29 is 9.53 Å². The third-order valence-electron chi connectivity index (χ3n) is 3.59. The fraction of sp³-hybridized carbons (Fsp3) is 0.933. The van der Waals surface area contributed by atoms with Gasteiger partial charge < -0.3 is 9.64 Å². The van der Waals surface area contributed by atoms with Crippen LogP contribution >= 0.6 is 0 Å². The number of amides is 1. The molecule has 1 aliphatic rings. The molecule has 0 aromatic rings. The number of hydrogen-bond donors (Lipinski definition) is 2. The topological polar surface area (TPSA) is 53.6 Å². The lowest BCUT2D eigenvalue weighted by Gasteiger charge is -2.36. The van der Waals surface area contributed by atoms with Crippen molar-refractivity contribution in [2.75, 3.05) is 19.6 Å². The number of rotatable bonds is 5. The number of hydrazine groups is 1. The van der Waals surface area contributed by atoms with Gasteiger partial charge in [-0.1, -0.05) is 6.92 Å². The van der Waals surface area contributed by atoms with Gasteiger partial charge in [-0.05, 0) is 66.0 Å². The molecular weight excluding hydrogens is 254 g/mol. The summed E-state index contributed by atoms with van der Waals surface area (Å²) in [6.07, 6.45) is 3.24. The Labute approximate surface area is 123 Å². The van der Waals surface area contributed by atoms with Crippen molar-refractivity contribution in [3.63, 3.8) is 0 Å². The summed E-state index contributed by atoms with van der Waals surface area (Å²) in [6, 6.07) is 0.252. The molecule has 2 N–H and O–H groups in total. The first-order valence-corrected chi connectivity index (χ1v) is 7.78. The van der Waals surface area contributed by atoms with E-state index in [1.807, 2.05) is 20.8 Å². The number of likely N-dealkylation sites (tertiary alicyclic amines) is 1. The molecule has 0 bridgehead atoms. The van der Waals surface area contributed by atoms with E-state index in [-0.39, 0.29) is 6.04 Å². The molecule has 1 saturated heterocycles. The van der Waals surface area contributed by atoms with Crippen molar-refractivity contribution >= 4 is 6.09 Å². The smallest absolute Gasteiger partial charge is 0.422 e.